The number of primary amides is 1. The molecule has 2 aromatic rings. The number of aromatic nitrogens is 1. The van der Waals surface area contributed by atoms with Crippen molar-refractivity contribution >= 4 is 69.9 Å². The topological polar surface area (TPSA) is 306 Å². The number of nitrogens with two attached hydrogens (primary N) is 1. The van der Waals surface area contributed by atoms with Crippen molar-refractivity contribution in [1.82, 2.24) is 47.1 Å². The van der Waals surface area contributed by atoms with Gasteiger partial charge in [-0.15, -0.1) is 0 Å². The second-order valence-corrected chi connectivity index (χ2v) is 16.0. The minimum Gasteiger partial charge on any atom is -0.394 e. The van der Waals surface area contributed by atoms with Crippen molar-refractivity contribution in [1.29, 1.82) is 0 Å². The number of aromatic amines is 1. The lowest BCUT2D eigenvalue weighted by Crippen LogP contribution is -2.64. The molecule has 0 saturated carbocycles. The molecule has 1 fully saturated rings. The molecule has 21 heteroatoms. The average molecular weight is 829 g/mol. The fourth-order valence-electron chi connectivity index (χ4n) is 7.07. The molecule has 1 aromatic carbocycles. The van der Waals surface area contributed by atoms with Crippen LogP contribution < -0.4 is 43.0 Å². The van der Waals surface area contributed by atoms with Crippen molar-refractivity contribution < 1.29 is 48.6 Å². The van der Waals surface area contributed by atoms with Crippen LogP contribution in [0.5, 0.6) is 0 Å². The second kappa shape index (κ2) is 19.5. The number of benzene rings is 1. The highest BCUT2D eigenvalue weighted by molar-refractivity contribution is 8.00. The molecule has 58 heavy (non-hydrogen) atoms. The van der Waals surface area contributed by atoms with Crippen LogP contribution in [0, 0.1) is 11.8 Å². The number of nitrogens with zero attached hydrogens (tertiary/aromatic N) is 1. The maximum atomic E-state index is 14.3. The number of para-hydroxylation sites is 1. The number of hydrogen-bond donors (Lipinski definition) is 11. The second-order valence-electron chi connectivity index (χ2n) is 14.9. The molecule has 20 nitrogen and oxygen atoms in total. The van der Waals surface area contributed by atoms with E-state index < -0.39 is 127 Å². The third kappa shape index (κ3) is 10.4. The normalized spacial score (nSPS) is 27.3. The molecular weight excluding hydrogens is 777 g/mol. The maximum absolute atomic E-state index is 14.3. The van der Waals surface area contributed by atoms with Crippen molar-refractivity contribution in [3.8, 4) is 0 Å². The third-order valence-corrected chi connectivity index (χ3v) is 12.0. The third-order valence-electron chi connectivity index (χ3n) is 10.9. The van der Waals surface area contributed by atoms with E-state index in [4.69, 9.17) is 5.73 Å². The zero-order valence-corrected chi connectivity index (χ0v) is 33.3. The van der Waals surface area contributed by atoms with Gasteiger partial charge in [0.05, 0.1) is 43.3 Å². The number of hydrogen-bond acceptors (Lipinski definition) is 12. The van der Waals surface area contributed by atoms with Crippen LogP contribution in [0.1, 0.15) is 45.6 Å². The Morgan fingerprint density at radius 1 is 0.914 bits per heavy atom. The SMILES string of the molecule is CC[C@H](C)[C@@H]1NC(=O)CNC(=O)[C@@H]2Cc3c([nH]c4ccccc34)S[C@H](NC(=O)CNC1=O)C(=O)N[C@@H](CC(N)=O)C(=O)N1CC[C@H]1CN[C@@H]([C@@H](C)[C@@H](O)CO)C(=O)N2. The van der Waals surface area contributed by atoms with Gasteiger partial charge in [0, 0.05) is 42.4 Å². The number of aliphatic hydroxyl groups is 2. The summed E-state index contributed by atoms with van der Waals surface area (Å²) in [6.07, 6.45) is -1.24. The molecule has 316 valence electrons. The van der Waals surface area contributed by atoms with Crippen molar-refractivity contribution in [3.63, 3.8) is 0 Å². The summed E-state index contributed by atoms with van der Waals surface area (Å²) in [7, 11) is 0. The highest BCUT2D eigenvalue weighted by Gasteiger charge is 2.41. The molecule has 0 radical (unpaired) electrons. The molecule has 1 aromatic heterocycles. The smallest absolute Gasteiger partial charge is 0.254 e. The maximum Gasteiger partial charge on any atom is 0.254 e. The van der Waals surface area contributed by atoms with Gasteiger partial charge in [0.15, 0.2) is 5.37 Å². The molecule has 3 aliphatic rings. The standard InChI is InChI=1S/C37H52N10O10S/c1-4-17(2)29-32(54)41-15-28(52)46-36-34(56)43-24(12-26(38)50)37(57)47-10-9-19(47)13-39-30(18(3)25(49)16-48)33(55)42-23(31(53)40-14-27(51)45-29)11-21-20-7-5-6-8-22(20)44-35(21)58-36/h5-8,17-19,23-25,29-30,36,39,44,48-49H,4,9-16H2,1-3H3,(H2,38,50)(H,40,53)(H,41,54)(H,42,55)(H,43,56)(H,45,51)(H,46,52)/t17-,18-,19-,23-,24-,25-,29-,30-,36-/m0/s1. The Morgan fingerprint density at radius 3 is 2.26 bits per heavy atom. The van der Waals surface area contributed by atoms with E-state index in [-0.39, 0.29) is 24.5 Å². The van der Waals surface area contributed by atoms with Gasteiger partial charge in [0.2, 0.25) is 41.4 Å². The van der Waals surface area contributed by atoms with Crippen molar-refractivity contribution in [3.05, 3.63) is 29.8 Å². The quantitative estimate of drug-likeness (QED) is 0.129. The van der Waals surface area contributed by atoms with Gasteiger partial charge >= 0.3 is 0 Å². The molecule has 1 saturated heterocycles. The van der Waals surface area contributed by atoms with Gasteiger partial charge in [-0.25, -0.2) is 0 Å². The summed E-state index contributed by atoms with van der Waals surface area (Å²) in [5, 5.41) is 38.6. The molecule has 0 unspecified atom stereocenters. The van der Waals surface area contributed by atoms with Gasteiger partial charge in [-0.2, -0.15) is 0 Å². The molecule has 5 rings (SSSR count). The summed E-state index contributed by atoms with van der Waals surface area (Å²) in [5.41, 5.74) is 6.52. The van der Waals surface area contributed by atoms with E-state index in [1.807, 2.05) is 0 Å². The first-order valence-corrected chi connectivity index (χ1v) is 20.1. The molecule has 4 heterocycles. The predicted octanol–water partition coefficient (Wildman–Crippen LogP) is -3.57. The summed E-state index contributed by atoms with van der Waals surface area (Å²) in [6.45, 7) is 3.42. The van der Waals surface area contributed by atoms with E-state index >= 15 is 0 Å². The van der Waals surface area contributed by atoms with Gasteiger partial charge in [0.25, 0.3) is 5.91 Å². The van der Waals surface area contributed by atoms with E-state index in [2.05, 4.69) is 42.2 Å². The summed E-state index contributed by atoms with van der Waals surface area (Å²) >= 11 is 0.820. The van der Waals surface area contributed by atoms with Gasteiger partial charge in [-0.3, -0.25) is 38.4 Å². The van der Waals surface area contributed by atoms with Crippen LogP contribution >= 0.6 is 11.8 Å². The number of carbonyl (C=O) groups excluding carboxylic acids is 8. The van der Waals surface area contributed by atoms with Crippen molar-refractivity contribution in [2.24, 2.45) is 17.6 Å². The Morgan fingerprint density at radius 2 is 1.60 bits per heavy atom. The molecular formula is C37H52N10O10S. The number of carbonyl (C=O) groups is 8. The average Bonchev–Trinajstić information content (AvgIpc) is 3.52. The monoisotopic (exact) mass is 828 g/mol. The van der Waals surface area contributed by atoms with Gasteiger partial charge in [-0.1, -0.05) is 57.2 Å². The number of nitrogens with one attached hydrogen (secondary N) is 8. The first-order valence-electron chi connectivity index (χ1n) is 19.2. The van der Waals surface area contributed by atoms with E-state index in [9.17, 15) is 48.6 Å². The molecule has 3 aliphatic heterocycles. The Kier molecular flexibility index (Phi) is 14.7. The van der Waals surface area contributed by atoms with E-state index in [0.29, 0.717) is 29.3 Å². The van der Waals surface area contributed by atoms with Crippen LogP contribution in [0.25, 0.3) is 10.9 Å². The molecule has 0 spiro atoms. The van der Waals surface area contributed by atoms with Crippen LogP contribution in [0.2, 0.25) is 0 Å². The number of aliphatic hydroxyl groups excluding tert-OH is 2. The molecule has 2 bridgehead atoms. The lowest BCUT2D eigenvalue weighted by molar-refractivity contribution is -0.144. The van der Waals surface area contributed by atoms with Gasteiger partial charge < -0.3 is 63.0 Å². The molecule has 8 amide bonds. The van der Waals surface area contributed by atoms with Crippen LogP contribution in [0.3, 0.4) is 0 Å². The summed E-state index contributed by atoms with van der Waals surface area (Å²) < 4.78 is 0. The zero-order chi connectivity index (χ0) is 42.3. The largest absolute Gasteiger partial charge is 0.394 e. The Bertz CT molecular complexity index is 1910. The number of thioether (sulfide) groups is 1. The minimum atomic E-state index is -1.50. The lowest BCUT2D eigenvalue weighted by atomic mass is 9.93. The number of H-pyrrole nitrogens is 1. The van der Waals surface area contributed by atoms with Gasteiger partial charge in [-0.05, 0) is 24.0 Å². The summed E-state index contributed by atoms with van der Waals surface area (Å²) in [6, 6.07) is 1.26. The zero-order valence-electron chi connectivity index (χ0n) is 32.5. The Balaban J connectivity index is 1.66. The van der Waals surface area contributed by atoms with Crippen molar-refractivity contribution in [2.45, 2.75) is 93.2 Å². The summed E-state index contributed by atoms with van der Waals surface area (Å²) in [5.74, 6) is -7.48. The molecule has 9 atom stereocenters. The number of amides is 8. The number of rotatable bonds is 7. The summed E-state index contributed by atoms with van der Waals surface area (Å²) in [4.78, 5) is 113. The lowest BCUT2D eigenvalue weighted by Gasteiger charge is -2.43. The first kappa shape index (κ1) is 43.9. The van der Waals surface area contributed by atoms with Crippen LogP contribution in [0.4, 0.5) is 0 Å². The fourth-order valence-corrected chi connectivity index (χ4v) is 8.18. The molecule has 0 aliphatic carbocycles. The Hall–Kier alpha value is -5.25. The highest BCUT2D eigenvalue weighted by atomic mass is 32.2. The van der Waals surface area contributed by atoms with Crippen LogP contribution in [0.15, 0.2) is 29.3 Å². The number of fused-ring (bicyclic) bond motifs is 4. The van der Waals surface area contributed by atoms with Gasteiger partial charge in [0.1, 0.15) is 18.1 Å². The highest BCUT2D eigenvalue weighted by Crippen LogP contribution is 2.33. The van der Waals surface area contributed by atoms with E-state index in [1.165, 1.54) is 11.8 Å². The van der Waals surface area contributed by atoms with E-state index in [0.717, 1.165) is 11.8 Å². The predicted molar refractivity (Wildman–Crippen MR) is 209 cm³/mol. The minimum absolute atomic E-state index is 0.00475. The molecule has 12 N–H and O–H groups in total. The van der Waals surface area contributed by atoms with Crippen LogP contribution in [-0.2, 0) is 44.8 Å². The van der Waals surface area contributed by atoms with Crippen molar-refractivity contribution in [2.75, 3.05) is 32.8 Å². The Labute approximate surface area is 338 Å². The fraction of sp³-hybridized carbons (Fsp3) is 0.568. The first-order chi connectivity index (χ1) is 27.6. The van der Waals surface area contributed by atoms with E-state index in [1.54, 1.807) is 38.1 Å². The van der Waals surface area contributed by atoms with Crippen LogP contribution in [-0.4, -0.2) is 142 Å².